The molecule has 4 rings (SSSR count). The highest BCUT2D eigenvalue weighted by Gasteiger charge is 2.23. The average molecular weight is 589 g/mol. The minimum Gasteiger partial charge on any atom is -0.325 e. The molecule has 11 heteroatoms. The summed E-state index contributed by atoms with van der Waals surface area (Å²) in [6.45, 7) is -0.454. The van der Waals surface area contributed by atoms with Gasteiger partial charge in [0.1, 0.15) is 6.54 Å². The van der Waals surface area contributed by atoms with Crippen molar-refractivity contribution in [2.75, 3.05) is 27.1 Å². The van der Waals surface area contributed by atoms with Gasteiger partial charge in [-0.25, -0.2) is 16.8 Å². The maximum atomic E-state index is 12.9. The fraction of sp³-hybridized carbons (Fsp3) is 0.0800. The molecule has 0 aromatic heterocycles. The second kappa shape index (κ2) is 10.3. The van der Waals surface area contributed by atoms with E-state index in [4.69, 9.17) is 0 Å². The predicted octanol–water partition coefficient (Wildman–Crippen LogP) is 4.81. The minimum atomic E-state index is -3.88. The van der Waals surface area contributed by atoms with Crippen LogP contribution >= 0.6 is 15.9 Å². The van der Waals surface area contributed by atoms with Crippen molar-refractivity contribution >= 4 is 69.7 Å². The number of para-hydroxylation sites is 1. The molecule has 0 heterocycles. The highest BCUT2D eigenvalue weighted by Crippen LogP contribution is 2.28. The number of nitrogens with one attached hydrogen (secondary N) is 2. The number of halogens is 1. The Morgan fingerprint density at radius 3 is 2.17 bits per heavy atom. The van der Waals surface area contributed by atoms with Crippen molar-refractivity contribution in [3.63, 3.8) is 0 Å². The summed E-state index contributed by atoms with van der Waals surface area (Å²) in [6, 6.07) is 25.1. The van der Waals surface area contributed by atoms with E-state index in [1.165, 1.54) is 24.3 Å². The molecule has 1 amide bonds. The van der Waals surface area contributed by atoms with Crippen molar-refractivity contribution in [3.8, 4) is 0 Å². The van der Waals surface area contributed by atoms with Gasteiger partial charge in [-0.1, -0.05) is 48.5 Å². The van der Waals surface area contributed by atoms with E-state index < -0.39 is 32.5 Å². The van der Waals surface area contributed by atoms with Crippen molar-refractivity contribution in [1.82, 2.24) is 0 Å². The molecule has 4 aromatic carbocycles. The van der Waals surface area contributed by atoms with Crippen LogP contribution in [0.15, 0.2) is 100 Å². The van der Waals surface area contributed by atoms with Crippen LogP contribution in [0.4, 0.5) is 17.1 Å². The van der Waals surface area contributed by atoms with Crippen molar-refractivity contribution < 1.29 is 21.6 Å². The maximum absolute atomic E-state index is 12.9. The summed E-state index contributed by atoms with van der Waals surface area (Å²) in [5.41, 5.74) is 1.11. The first-order valence-corrected chi connectivity index (χ1v) is 14.8. The number of nitrogens with zero attached hydrogens (tertiary/aromatic N) is 1. The molecule has 0 bridgehead atoms. The lowest BCUT2D eigenvalue weighted by Crippen LogP contribution is -2.37. The van der Waals surface area contributed by atoms with Gasteiger partial charge in [0.25, 0.3) is 10.0 Å². The molecule has 8 nitrogen and oxygen atoms in total. The van der Waals surface area contributed by atoms with Gasteiger partial charge in [0.05, 0.1) is 22.5 Å². The van der Waals surface area contributed by atoms with Crippen molar-refractivity contribution in [3.05, 3.63) is 95.5 Å². The third-order valence-electron chi connectivity index (χ3n) is 5.29. The molecule has 0 aliphatic carbocycles. The van der Waals surface area contributed by atoms with E-state index in [-0.39, 0.29) is 4.90 Å². The molecule has 0 saturated carbocycles. The van der Waals surface area contributed by atoms with Gasteiger partial charge in [-0.2, -0.15) is 0 Å². The van der Waals surface area contributed by atoms with Gasteiger partial charge in [-0.15, -0.1) is 0 Å². The zero-order chi connectivity index (χ0) is 25.9. The molecule has 2 N–H and O–H groups in total. The van der Waals surface area contributed by atoms with Crippen LogP contribution in [0.3, 0.4) is 0 Å². The molecule has 36 heavy (non-hydrogen) atoms. The first-order valence-electron chi connectivity index (χ1n) is 10.7. The standard InChI is InChI=1S/C25H22BrN3O5S2/c1-35(31,32)29(24-12-5-4-10-22(24)26)17-25(30)27-19-13-15-20(16-14-19)36(33,34)28-23-11-6-8-18-7-2-3-9-21(18)23/h2-16,28H,17H2,1H3,(H,27,30). The maximum Gasteiger partial charge on any atom is 0.261 e. The second-order valence-corrected chi connectivity index (χ2v) is 12.4. The number of sulfonamides is 2. The fourth-order valence-electron chi connectivity index (χ4n) is 3.60. The monoisotopic (exact) mass is 587 g/mol. The van der Waals surface area contributed by atoms with Gasteiger partial charge in [0.15, 0.2) is 0 Å². The zero-order valence-corrected chi connectivity index (χ0v) is 22.3. The number of carbonyl (C=O) groups excluding carboxylic acids is 1. The molecule has 0 aliphatic heterocycles. The number of fused-ring (bicyclic) bond motifs is 1. The van der Waals surface area contributed by atoms with E-state index in [2.05, 4.69) is 26.0 Å². The van der Waals surface area contributed by atoms with Crippen LogP contribution in [0.1, 0.15) is 0 Å². The van der Waals surface area contributed by atoms with Gasteiger partial charge < -0.3 is 5.32 Å². The van der Waals surface area contributed by atoms with E-state index in [1.807, 2.05) is 30.3 Å². The van der Waals surface area contributed by atoms with Gasteiger partial charge >= 0.3 is 0 Å². The topological polar surface area (TPSA) is 113 Å². The zero-order valence-electron chi connectivity index (χ0n) is 19.1. The lowest BCUT2D eigenvalue weighted by Gasteiger charge is -2.23. The summed E-state index contributed by atoms with van der Waals surface area (Å²) in [5.74, 6) is -0.583. The van der Waals surface area contributed by atoms with E-state index in [0.29, 0.717) is 21.5 Å². The Morgan fingerprint density at radius 1 is 0.833 bits per heavy atom. The average Bonchev–Trinajstić information content (AvgIpc) is 2.83. The van der Waals surface area contributed by atoms with E-state index in [9.17, 15) is 21.6 Å². The summed E-state index contributed by atoms with van der Waals surface area (Å²) < 4.78 is 54.6. The van der Waals surface area contributed by atoms with Crippen LogP contribution in [0.5, 0.6) is 0 Å². The Kier molecular flexibility index (Phi) is 7.34. The molecule has 0 fully saturated rings. The van der Waals surface area contributed by atoms with Gasteiger partial charge in [-0.05, 0) is 63.8 Å². The Balaban J connectivity index is 1.49. The third-order valence-corrected chi connectivity index (χ3v) is 8.47. The molecule has 0 unspecified atom stereocenters. The minimum absolute atomic E-state index is 0.0133. The van der Waals surface area contributed by atoms with Gasteiger partial charge in [-0.3, -0.25) is 13.8 Å². The Hall–Kier alpha value is -3.41. The van der Waals surface area contributed by atoms with Crippen LogP contribution in [0.25, 0.3) is 10.8 Å². The molecule has 186 valence electrons. The smallest absolute Gasteiger partial charge is 0.261 e. The molecule has 0 spiro atoms. The van der Waals surface area contributed by atoms with Crippen molar-refractivity contribution in [2.45, 2.75) is 4.90 Å². The van der Waals surface area contributed by atoms with Crippen LogP contribution < -0.4 is 14.3 Å². The van der Waals surface area contributed by atoms with E-state index >= 15 is 0 Å². The number of hydrogen-bond acceptors (Lipinski definition) is 5. The molecular formula is C25H22BrN3O5S2. The highest BCUT2D eigenvalue weighted by molar-refractivity contribution is 9.10. The first kappa shape index (κ1) is 25.7. The first-order chi connectivity index (χ1) is 17.0. The van der Waals surface area contributed by atoms with Crippen LogP contribution in [-0.4, -0.2) is 35.5 Å². The summed E-state index contributed by atoms with van der Waals surface area (Å²) in [7, 11) is -7.63. The Morgan fingerprint density at radius 2 is 1.47 bits per heavy atom. The number of amides is 1. The van der Waals surface area contributed by atoms with Gasteiger partial charge in [0.2, 0.25) is 15.9 Å². The van der Waals surface area contributed by atoms with Crippen molar-refractivity contribution in [1.29, 1.82) is 0 Å². The van der Waals surface area contributed by atoms with Crippen molar-refractivity contribution in [2.24, 2.45) is 0 Å². The molecule has 4 aromatic rings. The summed E-state index contributed by atoms with van der Waals surface area (Å²) >= 11 is 3.31. The van der Waals surface area contributed by atoms with Gasteiger partial charge in [0, 0.05) is 15.5 Å². The van der Waals surface area contributed by atoms with E-state index in [0.717, 1.165) is 21.3 Å². The number of rotatable bonds is 8. The highest BCUT2D eigenvalue weighted by atomic mass is 79.9. The number of hydrogen-bond donors (Lipinski definition) is 2. The molecule has 0 radical (unpaired) electrons. The third kappa shape index (κ3) is 5.86. The fourth-order valence-corrected chi connectivity index (χ4v) is 6.17. The summed E-state index contributed by atoms with van der Waals surface area (Å²) in [5, 5.41) is 4.29. The summed E-state index contributed by atoms with van der Waals surface area (Å²) in [6.07, 6.45) is 1.02. The SMILES string of the molecule is CS(=O)(=O)N(CC(=O)Nc1ccc(S(=O)(=O)Nc2cccc3ccccc23)cc1)c1ccccc1Br. The number of benzene rings is 4. The molecule has 0 saturated heterocycles. The van der Waals surface area contributed by atoms with Crippen LogP contribution in [0, 0.1) is 0 Å². The lowest BCUT2D eigenvalue weighted by atomic mass is 10.1. The van der Waals surface area contributed by atoms with Crippen LogP contribution in [-0.2, 0) is 24.8 Å². The molecule has 0 aliphatic rings. The van der Waals surface area contributed by atoms with E-state index in [1.54, 1.807) is 36.4 Å². The summed E-state index contributed by atoms with van der Waals surface area (Å²) in [4.78, 5) is 12.7. The number of carbonyl (C=O) groups is 1. The predicted molar refractivity (Wildman–Crippen MR) is 146 cm³/mol. The normalized spacial score (nSPS) is 11.7. The Bertz CT molecular complexity index is 1630. The molecule has 0 atom stereocenters. The lowest BCUT2D eigenvalue weighted by molar-refractivity contribution is -0.114. The Labute approximate surface area is 218 Å². The van der Waals surface area contributed by atoms with Crippen LogP contribution in [0.2, 0.25) is 0 Å². The molecular weight excluding hydrogens is 566 g/mol. The largest absolute Gasteiger partial charge is 0.325 e. The second-order valence-electron chi connectivity index (χ2n) is 7.93. The quantitative estimate of drug-likeness (QED) is 0.307. The number of anilines is 3.